The number of ketones is 1. The molecule has 1 N–H and O–H groups in total. The molecule has 1 aromatic carbocycles. The molecular formula is C21H21FN2O. The minimum atomic E-state index is -0.439. The van der Waals surface area contributed by atoms with Crippen LogP contribution >= 0.6 is 0 Å². The maximum absolute atomic E-state index is 14.4. The highest BCUT2D eigenvalue weighted by molar-refractivity contribution is 5.99. The molecule has 0 spiro atoms. The number of anilines is 1. The number of hydrogen-bond donors (Lipinski definition) is 1. The summed E-state index contributed by atoms with van der Waals surface area (Å²) in [6.45, 7) is 0. The van der Waals surface area contributed by atoms with Crippen LogP contribution in [0, 0.1) is 11.7 Å². The van der Waals surface area contributed by atoms with Gasteiger partial charge < -0.3 is 5.32 Å². The molecule has 0 amide bonds. The molecule has 25 heavy (non-hydrogen) atoms. The lowest BCUT2D eigenvalue weighted by molar-refractivity contribution is 0.0851. The van der Waals surface area contributed by atoms with Gasteiger partial charge in [-0.1, -0.05) is 18.1 Å². The summed E-state index contributed by atoms with van der Waals surface area (Å²) in [5.74, 6) is 0.292. The van der Waals surface area contributed by atoms with Crippen molar-refractivity contribution in [2.45, 2.75) is 38.5 Å². The number of benzene rings is 1. The Bertz CT molecular complexity index is 816. The largest absolute Gasteiger partial charge is 0.347 e. The lowest BCUT2D eigenvalue weighted by Crippen LogP contribution is -2.22. The average molecular weight is 336 g/mol. The van der Waals surface area contributed by atoms with Crippen LogP contribution in [0.25, 0.3) is 11.1 Å². The summed E-state index contributed by atoms with van der Waals surface area (Å²) >= 11 is 0. The van der Waals surface area contributed by atoms with E-state index in [1.165, 1.54) is 18.1 Å². The van der Waals surface area contributed by atoms with Gasteiger partial charge in [-0.2, -0.15) is 0 Å². The van der Waals surface area contributed by atoms with Crippen LogP contribution in [-0.4, -0.2) is 10.8 Å². The number of carbonyl (C=O) groups is 1. The number of nitrogens with one attached hydrogen (secondary N) is 1. The van der Waals surface area contributed by atoms with Crippen molar-refractivity contribution in [2.75, 3.05) is 5.32 Å². The highest BCUT2D eigenvalue weighted by Crippen LogP contribution is 2.31. The summed E-state index contributed by atoms with van der Waals surface area (Å²) in [5.41, 5.74) is 3.20. The summed E-state index contributed by atoms with van der Waals surface area (Å²) < 4.78 is 14.4. The van der Waals surface area contributed by atoms with Crippen molar-refractivity contribution in [1.29, 1.82) is 0 Å². The predicted molar refractivity (Wildman–Crippen MR) is 96.9 cm³/mol. The summed E-state index contributed by atoms with van der Waals surface area (Å²) in [4.78, 5) is 16.6. The van der Waals surface area contributed by atoms with Gasteiger partial charge in [0.15, 0.2) is 5.78 Å². The molecule has 4 rings (SSSR count). The quantitative estimate of drug-likeness (QED) is 0.748. The highest BCUT2D eigenvalue weighted by Gasteiger charge is 2.28. The van der Waals surface area contributed by atoms with Gasteiger partial charge in [-0.25, -0.2) is 9.37 Å². The topological polar surface area (TPSA) is 42.0 Å². The summed E-state index contributed by atoms with van der Waals surface area (Å²) in [6.07, 6.45) is 10.2. The molecule has 2 saturated carbocycles. The smallest absolute Gasteiger partial charge is 0.168 e. The number of allylic oxidation sites excluding steroid dienone is 1. The standard InChI is InChI=1S/C21H21FN2O/c22-19-11-16(7-9-18(19)21(25)15-5-2-6-15)17-8-10-20(24-13-17)23-12-14-3-1-4-14/h7-13,15H,1-6H2,(H,23,24). The number of nitrogens with zero attached hydrogens (tertiary/aromatic N) is 1. The summed E-state index contributed by atoms with van der Waals surface area (Å²) in [6, 6.07) is 8.65. The molecule has 2 aliphatic rings. The van der Waals surface area contributed by atoms with Gasteiger partial charge in [-0.15, -0.1) is 0 Å². The zero-order valence-corrected chi connectivity index (χ0v) is 14.1. The van der Waals surface area contributed by atoms with Crippen LogP contribution in [-0.2, 0) is 0 Å². The van der Waals surface area contributed by atoms with E-state index in [1.54, 1.807) is 18.3 Å². The van der Waals surface area contributed by atoms with Crippen LogP contribution in [0.3, 0.4) is 0 Å². The minimum Gasteiger partial charge on any atom is -0.347 e. The van der Waals surface area contributed by atoms with Gasteiger partial charge in [0.1, 0.15) is 11.6 Å². The monoisotopic (exact) mass is 336 g/mol. The van der Waals surface area contributed by atoms with Crippen molar-refractivity contribution < 1.29 is 9.18 Å². The van der Waals surface area contributed by atoms with Gasteiger partial charge >= 0.3 is 0 Å². The van der Waals surface area contributed by atoms with Gasteiger partial charge in [-0.05, 0) is 61.9 Å². The lowest BCUT2D eigenvalue weighted by atomic mass is 9.79. The Kier molecular flexibility index (Phi) is 4.35. The van der Waals surface area contributed by atoms with E-state index in [0.29, 0.717) is 0 Å². The molecular weight excluding hydrogens is 315 g/mol. The van der Waals surface area contributed by atoms with Crippen molar-refractivity contribution >= 4 is 11.6 Å². The van der Waals surface area contributed by atoms with Crippen molar-refractivity contribution in [3.8, 4) is 11.1 Å². The zero-order valence-electron chi connectivity index (χ0n) is 14.1. The van der Waals surface area contributed by atoms with Gasteiger partial charge in [-0.3, -0.25) is 4.79 Å². The molecule has 2 fully saturated rings. The van der Waals surface area contributed by atoms with E-state index in [0.717, 1.165) is 49.0 Å². The van der Waals surface area contributed by atoms with Gasteiger partial charge in [0, 0.05) is 23.9 Å². The molecule has 1 aromatic heterocycles. The van der Waals surface area contributed by atoms with Crippen molar-refractivity contribution in [1.82, 2.24) is 4.98 Å². The van der Waals surface area contributed by atoms with Crippen LogP contribution in [0.1, 0.15) is 48.9 Å². The third-order valence-electron chi connectivity index (χ3n) is 5.23. The van der Waals surface area contributed by atoms with Crippen molar-refractivity contribution in [2.24, 2.45) is 5.92 Å². The van der Waals surface area contributed by atoms with Crippen LogP contribution < -0.4 is 5.32 Å². The van der Waals surface area contributed by atoms with Gasteiger partial charge in [0.05, 0.1) is 5.56 Å². The van der Waals surface area contributed by atoms with E-state index in [4.69, 9.17) is 0 Å². The third kappa shape index (κ3) is 3.34. The fourth-order valence-electron chi connectivity index (χ4n) is 3.14. The number of rotatable bonds is 5. The van der Waals surface area contributed by atoms with E-state index in [-0.39, 0.29) is 17.3 Å². The molecule has 0 aliphatic heterocycles. The first-order chi connectivity index (χ1) is 12.2. The van der Waals surface area contributed by atoms with E-state index in [2.05, 4.69) is 10.3 Å². The first-order valence-electron chi connectivity index (χ1n) is 8.95. The number of hydrogen-bond acceptors (Lipinski definition) is 3. The van der Waals surface area contributed by atoms with Crippen LogP contribution in [0.15, 0.2) is 48.3 Å². The minimum absolute atomic E-state index is 0.0113. The Balaban J connectivity index is 1.49. The molecule has 2 aliphatic carbocycles. The van der Waals surface area contributed by atoms with Crippen molar-refractivity contribution in [3.05, 3.63) is 59.7 Å². The second-order valence-electron chi connectivity index (χ2n) is 6.92. The first kappa shape index (κ1) is 16.0. The summed E-state index contributed by atoms with van der Waals surface area (Å²) in [5, 5.41) is 3.19. The maximum Gasteiger partial charge on any atom is 0.168 e. The highest BCUT2D eigenvalue weighted by atomic mass is 19.1. The SMILES string of the molecule is O=C(c1ccc(-c2ccc(NC=C3CCC3)nc2)cc1F)C1CCC1. The van der Waals surface area contributed by atoms with Gasteiger partial charge in [0.2, 0.25) is 0 Å². The maximum atomic E-state index is 14.4. The Morgan fingerprint density at radius 3 is 2.48 bits per heavy atom. The lowest BCUT2D eigenvalue weighted by Gasteiger charge is -2.24. The Labute approximate surface area is 147 Å². The predicted octanol–water partition coefficient (Wildman–Crippen LogP) is 5.35. The van der Waals surface area contributed by atoms with Crippen LogP contribution in [0.5, 0.6) is 0 Å². The number of halogens is 1. The number of Topliss-reactive ketones (excluding diaryl/α,β-unsaturated/α-hetero) is 1. The molecule has 2 aromatic rings. The second-order valence-corrected chi connectivity index (χ2v) is 6.92. The van der Waals surface area contributed by atoms with Crippen LogP contribution in [0.4, 0.5) is 10.2 Å². The Hall–Kier alpha value is -2.49. The molecule has 128 valence electrons. The molecule has 0 atom stereocenters. The Morgan fingerprint density at radius 2 is 1.92 bits per heavy atom. The fourth-order valence-corrected chi connectivity index (χ4v) is 3.14. The normalized spacial score (nSPS) is 16.8. The zero-order chi connectivity index (χ0) is 17.2. The number of aromatic nitrogens is 1. The summed E-state index contributed by atoms with van der Waals surface area (Å²) in [7, 11) is 0. The molecule has 4 heteroatoms. The second kappa shape index (κ2) is 6.79. The molecule has 0 saturated heterocycles. The number of carbonyl (C=O) groups excluding carboxylic acids is 1. The van der Waals surface area contributed by atoms with E-state index in [1.807, 2.05) is 18.3 Å². The van der Waals surface area contributed by atoms with E-state index < -0.39 is 5.82 Å². The molecule has 0 unspecified atom stereocenters. The fraction of sp³-hybridized carbons (Fsp3) is 0.333. The molecule has 1 heterocycles. The molecule has 3 nitrogen and oxygen atoms in total. The Morgan fingerprint density at radius 1 is 1.12 bits per heavy atom. The van der Waals surface area contributed by atoms with Crippen molar-refractivity contribution in [3.63, 3.8) is 0 Å². The third-order valence-corrected chi connectivity index (χ3v) is 5.23. The molecule has 0 radical (unpaired) electrons. The number of pyridine rings is 1. The van der Waals surface area contributed by atoms with E-state index >= 15 is 0 Å². The van der Waals surface area contributed by atoms with Crippen LogP contribution in [0.2, 0.25) is 0 Å². The first-order valence-corrected chi connectivity index (χ1v) is 8.95. The van der Waals surface area contributed by atoms with E-state index in [9.17, 15) is 9.18 Å². The molecule has 0 bridgehead atoms. The average Bonchev–Trinajstić information content (AvgIpc) is 2.52. The van der Waals surface area contributed by atoms with Gasteiger partial charge in [0.25, 0.3) is 0 Å².